The molecule has 4 atom stereocenters. The molecule has 0 bridgehead atoms. The lowest BCUT2D eigenvalue weighted by molar-refractivity contribution is -0.144. The Morgan fingerprint density at radius 1 is 0.775 bits per heavy atom. The van der Waals surface area contributed by atoms with Gasteiger partial charge in [0.15, 0.2) is 0 Å². The van der Waals surface area contributed by atoms with Crippen LogP contribution >= 0.6 is 11.8 Å². The van der Waals surface area contributed by atoms with Gasteiger partial charge in [-0.25, -0.2) is 4.79 Å². The van der Waals surface area contributed by atoms with Crippen molar-refractivity contribution >= 4 is 35.5 Å². The number of carboxylic acid groups (broad SMARTS) is 1. The molecule has 228 valence electrons. The van der Waals surface area contributed by atoms with E-state index in [4.69, 9.17) is 0 Å². The molecule has 8 nitrogen and oxygen atoms in total. The maximum Gasteiger partial charge on any atom is 0.326 e. The van der Waals surface area contributed by atoms with E-state index in [1.54, 1.807) is 20.8 Å². The summed E-state index contributed by atoms with van der Waals surface area (Å²) in [5.74, 6) is -1.98. The van der Waals surface area contributed by atoms with Crippen molar-refractivity contribution in [2.24, 2.45) is 11.8 Å². The summed E-state index contributed by atoms with van der Waals surface area (Å²) in [6.45, 7) is 17.0. The van der Waals surface area contributed by atoms with E-state index in [9.17, 15) is 24.3 Å². The maximum absolute atomic E-state index is 13.1. The number of hydrogen-bond donors (Lipinski definition) is 4. The smallest absolute Gasteiger partial charge is 0.326 e. The third-order valence-electron chi connectivity index (χ3n) is 6.67. The fourth-order valence-corrected chi connectivity index (χ4v) is 4.88. The summed E-state index contributed by atoms with van der Waals surface area (Å²) in [5.41, 5.74) is 4.02. The second-order valence-corrected chi connectivity index (χ2v) is 12.3. The van der Waals surface area contributed by atoms with Gasteiger partial charge < -0.3 is 21.1 Å². The first kappa shape index (κ1) is 37.5. The van der Waals surface area contributed by atoms with Crippen molar-refractivity contribution in [2.45, 2.75) is 113 Å². The molecule has 0 spiro atoms. The Morgan fingerprint density at radius 3 is 1.82 bits per heavy atom. The first-order valence-electron chi connectivity index (χ1n) is 14.3. The van der Waals surface area contributed by atoms with Crippen LogP contribution in [0.25, 0.3) is 0 Å². The molecule has 3 amide bonds. The van der Waals surface area contributed by atoms with E-state index in [-0.39, 0.29) is 17.7 Å². The molecule has 0 unspecified atom stereocenters. The summed E-state index contributed by atoms with van der Waals surface area (Å²) in [6, 6.07) is -2.80. The van der Waals surface area contributed by atoms with Crippen LogP contribution in [0.4, 0.5) is 0 Å². The molecule has 4 N–H and O–H groups in total. The molecule has 0 aromatic rings. The van der Waals surface area contributed by atoms with Crippen molar-refractivity contribution < 1.29 is 24.3 Å². The Morgan fingerprint density at radius 2 is 1.32 bits per heavy atom. The minimum absolute atomic E-state index is 0.266. The lowest BCUT2D eigenvalue weighted by atomic mass is 9.97. The van der Waals surface area contributed by atoms with Gasteiger partial charge in [-0.05, 0) is 65.2 Å². The minimum atomic E-state index is -1.11. The van der Waals surface area contributed by atoms with Crippen molar-refractivity contribution in [1.82, 2.24) is 16.0 Å². The van der Waals surface area contributed by atoms with E-state index < -0.39 is 35.9 Å². The number of rotatable bonds is 19. The van der Waals surface area contributed by atoms with Gasteiger partial charge >= 0.3 is 5.97 Å². The maximum atomic E-state index is 13.1. The number of hydrogen-bond acceptors (Lipinski definition) is 5. The highest BCUT2D eigenvalue weighted by molar-refractivity contribution is 7.99. The topological polar surface area (TPSA) is 125 Å². The third kappa shape index (κ3) is 16.5. The third-order valence-corrected chi connectivity index (χ3v) is 7.65. The SMILES string of the molecule is CC[C@H](C)[C@H](NC(=O)[C@H](NC(=O)[C@@H](CSC/C=C(\C)CC/C=C(\C)CCC=C(C)C)NC(C)=O)C(C)C)C(=O)O. The van der Waals surface area contributed by atoms with Gasteiger partial charge in [-0.15, -0.1) is 0 Å². The van der Waals surface area contributed by atoms with E-state index >= 15 is 0 Å². The molecule has 0 aliphatic heterocycles. The van der Waals surface area contributed by atoms with Crippen LogP contribution in [0.15, 0.2) is 34.9 Å². The standard InChI is InChI=1S/C31H53N3O5S/c1-10-24(8)28(31(38)39)34-30(37)27(21(4)5)33-29(36)26(32-25(9)35)19-40-18-17-23(7)16-12-15-22(6)14-11-13-20(2)3/h13,15,17,21,24,26-28H,10-12,14,16,18-19H2,1-9H3,(H,32,35)(H,33,36)(H,34,37)(H,38,39)/b22-15+,23-17+/t24-,26+,27+,28-/m0/s1. The Hall–Kier alpha value is -2.55. The van der Waals surface area contributed by atoms with E-state index in [0.717, 1.165) is 25.7 Å². The van der Waals surface area contributed by atoms with E-state index in [0.29, 0.717) is 17.9 Å². The molecular weight excluding hydrogens is 526 g/mol. The highest BCUT2D eigenvalue weighted by Crippen LogP contribution is 2.14. The van der Waals surface area contributed by atoms with Crippen molar-refractivity contribution in [2.75, 3.05) is 11.5 Å². The van der Waals surface area contributed by atoms with Gasteiger partial charge in [-0.3, -0.25) is 14.4 Å². The van der Waals surface area contributed by atoms with Crippen LogP contribution < -0.4 is 16.0 Å². The molecule has 0 radical (unpaired) electrons. The Bertz CT molecular complexity index is 922. The Labute approximate surface area is 246 Å². The van der Waals surface area contributed by atoms with Crippen LogP contribution in [0.5, 0.6) is 0 Å². The molecule has 0 saturated heterocycles. The van der Waals surface area contributed by atoms with Crippen LogP contribution in [0, 0.1) is 11.8 Å². The predicted octanol–water partition coefficient (Wildman–Crippen LogP) is 5.40. The zero-order chi connectivity index (χ0) is 30.8. The summed E-state index contributed by atoms with van der Waals surface area (Å²) in [4.78, 5) is 49.5. The quantitative estimate of drug-likeness (QED) is 0.120. The van der Waals surface area contributed by atoms with Gasteiger partial charge in [0.05, 0.1) is 0 Å². The predicted molar refractivity (Wildman–Crippen MR) is 166 cm³/mol. The molecule has 0 aromatic heterocycles. The lowest BCUT2D eigenvalue weighted by Gasteiger charge is -2.27. The first-order valence-corrected chi connectivity index (χ1v) is 15.5. The van der Waals surface area contributed by atoms with Gasteiger partial charge in [-0.2, -0.15) is 11.8 Å². The van der Waals surface area contributed by atoms with Crippen LogP contribution in [0.2, 0.25) is 0 Å². The molecular formula is C31H53N3O5S. The van der Waals surface area contributed by atoms with E-state index in [2.05, 4.69) is 61.9 Å². The molecule has 0 heterocycles. The van der Waals surface area contributed by atoms with Crippen molar-refractivity contribution in [3.63, 3.8) is 0 Å². The van der Waals surface area contributed by atoms with Crippen LogP contribution in [0.3, 0.4) is 0 Å². The number of carbonyl (C=O) groups is 4. The van der Waals surface area contributed by atoms with E-state index in [1.807, 2.05) is 6.92 Å². The van der Waals surface area contributed by atoms with Gasteiger partial charge in [0.25, 0.3) is 0 Å². The summed E-state index contributed by atoms with van der Waals surface area (Å²) in [6.07, 6.45) is 11.4. The molecule has 0 aromatic carbocycles. The minimum Gasteiger partial charge on any atom is -0.480 e. The zero-order valence-electron chi connectivity index (χ0n) is 26.1. The number of carboxylic acids is 1. The van der Waals surface area contributed by atoms with Gasteiger partial charge in [0, 0.05) is 18.4 Å². The van der Waals surface area contributed by atoms with E-state index in [1.165, 1.54) is 35.4 Å². The Kier molecular flexibility index (Phi) is 19.0. The summed E-state index contributed by atoms with van der Waals surface area (Å²) < 4.78 is 0. The van der Waals surface area contributed by atoms with Crippen LogP contribution in [0.1, 0.15) is 94.4 Å². The van der Waals surface area contributed by atoms with Gasteiger partial charge in [-0.1, -0.05) is 69.1 Å². The summed E-state index contributed by atoms with van der Waals surface area (Å²) in [7, 11) is 0. The van der Waals surface area contributed by atoms with Crippen molar-refractivity contribution in [1.29, 1.82) is 0 Å². The number of amides is 3. The summed E-state index contributed by atoms with van der Waals surface area (Å²) in [5, 5.41) is 17.5. The Balaban J connectivity index is 5.05. The molecule has 0 aliphatic carbocycles. The molecule has 0 rings (SSSR count). The van der Waals surface area contributed by atoms with Crippen molar-refractivity contribution in [3.8, 4) is 0 Å². The first-order chi connectivity index (χ1) is 18.7. The number of nitrogens with one attached hydrogen (secondary N) is 3. The zero-order valence-corrected chi connectivity index (χ0v) is 26.9. The normalized spacial score (nSPS) is 15.1. The van der Waals surface area contributed by atoms with Crippen LogP contribution in [-0.4, -0.2) is 58.4 Å². The van der Waals surface area contributed by atoms with Gasteiger partial charge in [0.2, 0.25) is 17.7 Å². The highest BCUT2D eigenvalue weighted by atomic mass is 32.2. The average Bonchev–Trinajstić information content (AvgIpc) is 2.85. The second kappa shape index (κ2) is 20.3. The lowest BCUT2D eigenvalue weighted by Crippen LogP contribution is -2.58. The van der Waals surface area contributed by atoms with Crippen molar-refractivity contribution in [3.05, 3.63) is 34.9 Å². The average molecular weight is 580 g/mol. The molecule has 40 heavy (non-hydrogen) atoms. The summed E-state index contributed by atoms with van der Waals surface area (Å²) >= 11 is 1.53. The number of allylic oxidation sites excluding steroid dienone is 5. The molecule has 0 saturated carbocycles. The number of carbonyl (C=O) groups excluding carboxylic acids is 3. The second-order valence-electron chi connectivity index (χ2n) is 11.2. The molecule has 0 fully saturated rings. The fraction of sp³-hybridized carbons (Fsp3) is 0.677. The molecule has 9 heteroatoms. The monoisotopic (exact) mass is 579 g/mol. The highest BCUT2D eigenvalue weighted by Gasteiger charge is 2.32. The molecule has 0 aliphatic rings. The number of aliphatic carboxylic acids is 1. The van der Waals surface area contributed by atoms with Crippen LogP contribution in [-0.2, 0) is 19.2 Å². The largest absolute Gasteiger partial charge is 0.480 e. The fourth-order valence-electron chi connectivity index (χ4n) is 3.87. The van der Waals surface area contributed by atoms with Gasteiger partial charge in [0.1, 0.15) is 18.1 Å². The number of thioether (sulfide) groups is 1.